The van der Waals surface area contributed by atoms with Gasteiger partial charge in [0.25, 0.3) is 5.56 Å². The molecule has 0 amide bonds. The van der Waals surface area contributed by atoms with Gasteiger partial charge in [-0.2, -0.15) is 0 Å². The first-order valence-corrected chi connectivity index (χ1v) is 3.92. The van der Waals surface area contributed by atoms with E-state index in [9.17, 15) is 9.59 Å². The average Bonchev–Trinajstić information content (AvgIpc) is 1.96. The van der Waals surface area contributed by atoms with Crippen molar-refractivity contribution in [3.05, 3.63) is 26.4 Å². The minimum absolute atomic E-state index is 0.0985. The van der Waals surface area contributed by atoms with E-state index in [1.807, 2.05) is 0 Å². The van der Waals surface area contributed by atoms with E-state index in [1.54, 1.807) is 0 Å². The van der Waals surface area contributed by atoms with Gasteiger partial charge in [0.1, 0.15) is 5.15 Å². The number of hydrogen-bond donors (Lipinski definition) is 2. The molecule has 70 valence electrons. The van der Waals surface area contributed by atoms with E-state index in [0.717, 1.165) is 0 Å². The van der Waals surface area contributed by atoms with E-state index in [4.69, 9.17) is 28.3 Å². The van der Waals surface area contributed by atoms with E-state index >= 15 is 0 Å². The highest BCUT2D eigenvalue weighted by Gasteiger charge is 2.12. The molecule has 1 aromatic heterocycles. The fraction of sp³-hybridized carbons (Fsp3) is 0.167. The van der Waals surface area contributed by atoms with Gasteiger partial charge in [0.05, 0.1) is 12.0 Å². The average molecular weight is 223 g/mol. The summed E-state index contributed by atoms with van der Waals surface area (Å²) in [6.45, 7) is 0. The van der Waals surface area contributed by atoms with Gasteiger partial charge in [-0.05, 0) is 11.6 Å². The van der Waals surface area contributed by atoms with Crippen LogP contribution in [0.4, 0.5) is 0 Å². The first kappa shape index (κ1) is 10.0. The monoisotopic (exact) mass is 222 g/mol. The molecule has 0 saturated carbocycles. The van der Waals surface area contributed by atoms with Crippen LogP contribution in [-0.4, -0.2) is 21.0 Å². The molecule has 0 aromatic carbocycles. The highest BCUT2D eigenvalue weighted by Crippen LogP contribution is 2.10. The predicted octanol–water partition coefficient (Wildman–Crippen LogP) is 0.704. The van der Waals surface area contributed by atoms with Gasteiger partial charge in [-0.15, -0.1) is 0 Å². The highest BCUT2D eigenvalue weighted by atomic mass is 35.5. The van der Waals surface area contributed by atoms with Crippen LogP contribution in [-0.2, 0) is 11.2 Å². The van der Waals surface area contributed by atoms with Gasteiger partial charge >= 0.3 is 5.97 Å². The van der Waals surface area contributed by atoms with E-state index in [1.165, 1.54) is 0 Å². The Kier molecular flexibility index (Phi) is 2.90. The molecule has 0 aliphatic heterocycles. The van der Waals surface area contributed by atoms with Crippen LogP contribution in [0, 0.1) is 0 Å². The number of nitrogens with zero attached hydrogens (tertiary/aromatic N) is 1. The molecular formula is C6H4Cl2N2O3. The molecule has 0 aliphatic carbocycles. The van der Waals surface area contributed by atoms with Crippen molar-refractivity contribution in [3.8, 4) is 0 Å². The van der Waals surface area contributed by atoms with Crippen molar-refractivity contribution >= 4 is 29.2 Å². The molecule has 1 heterocycles. The molecule has 0 saturated heterocycles. The number of H-pyrrole nitrogens is 1. The van der Waals surface area contributed by atoms with Crippen LogP contribution in [0.5, 0.6) is 0 Å². The van der Waals surface area contributed by atoms with Gasteiger partial charge in [0, 0.05) is 0 Å². The van der Waals surface area contributed by atoms with E-state index in [-0.39, 0.29) is 16.0 Å². The Bertz CT molecular complexity index is 401. The third kappa shape index (κ3) is 2.43. The number of nitrogens with one attached hydrogen (secondary N) is 1. The largest absolute Gasteiger partial charge is 0.481 e. The van der Waals surface area contributed by atoms with Crippen LogP contribution < -0.4 is 5.56 Å². The number of aromatic amines is 1. The minimum atomic E-state index is -1.16. The molecule has 0 aliphatic rings. The fourth-order valence-electron chi connectivity index (χ4n) is 0.749. The number of hydrogen-bond acceptors (Lipinski definition) is 3. The summed E-state index contributed by atoms with van der Waals surface area (Å²) in [5.41, 5.74) is -0.731. The zero-order valence-electron chi connectivity index (χ0n) is 6.17. The van der Waals surface area contributed by atoms with Crippen molar-refractivity contribution in [2.45, 2.75) is 6.42 Å². The maximum atomic E-state index is 11.1. The molecule has 13 heavy (non-hydrogen) atoms. The first-order chi connectivity index (χ1) is 6.00. The number of aliphatic carboxylic acids is 1. The second-order valence-corrected chi connectivity index (χ2v) is 2.91. The van der Waals surface area contributed by atoms with E-state index in [0.29, 0.717) is 0 Å². The van der Waals surface area contributed by atoms with E-state index < -0.39 is 17.9 Å². The first-order valence-electron chi connectivity index (χ1n) is 3.16. The smallest absolute Gasteiger partial charge is 0.308 e. The van der Waals surface area contributed by atoms with Gasteiger partial charge in [-0.3, -0.25) is 14.6 Å². The molecule has 2 N–H and O–H groups in total. The Hall–Kier alpha value is -1.07. The zero-order chi connectivity index (χ0) is 10.0. The molecule has 1 aromatic rings. The third-order valence-electron chi connectivity index (χ3n) is 1.26. The molecule has 5 nitrogen and oxygen atoms in total. The molecule has 0 fully saturated rings. The predicted molar refractivity (Wildman–Crippen MR) is 46.2 cm³/mol. The number of carbonyl (C=O) groups is 1. The maximum absolute atomic E-state index is 11.1. The Morgan fingerprint density at radius 1 is 1.54 bits per heavy atom. The number of rotatable bonds is 2. The SMILES string of the molecule is O=C(O)Cc1c(Cl)nc(Cl)[nH]c1=O. The summed E-state index contributed by atoms with van der Waals surface area (Å²) < 4.78 is 0. The molecule has 0 radical (unpaired) electrons. The van der Waals surface area contributed by atoms with Crippen LogP contribution in [0.1, 0.15) is 5.56 Å². The van der Waals surface area contributed by atoms with Crippen molar-refractivity contribution in [3.63, 3.8) is 0 Å². The lowest BCUT2D eigenvalue weighted by Gasteiger charge is -1.98. The Morgan fingerprint density at radius 3 is 2.62 bits per heavy atom. The van der Waals surface area contributed by atoms with Gasteiger partial charge in [-0.25, -0.2) is 4.98 Å². The van der Waals surface area contributed by atoms with E-state index in [2.05, 4.69) is 9.97 Å². The quantitative estimate of drug-likeness (QED) is 0.571. The lowest BCUT2D eigenvalue weighted by molar-refractivity contribution is -0.136. The maximum Gasteiger partial charge on any atom is 0.308 e. The van der Waals surface area contributed by atoms with Gasteiger partial charge in [0.2, 0.25) is 5.28 Å². The van der Waals surface area contributed by atoms with Crippen LogP contribution in [0.15, 0.2) is 4.79 Å². The second-order valence-electron chi connectivity index (χ2n) is 2.20. The van der Waals surface area contributed by atoms with Crippen molar-refractivity contribution < 1.29 is 9.90 Å². The molecule has 0 spiro atoms. The summed E-state index contributed by atoms with van der Waals surface area (Å²) >= 11 is 10.9. The van der Waals surface area contributed by atoms with Gasteiger partial charge < -0.3 is 5.11 Å². The van der Waals surface area contributed by atoms with Crippen molar-refractivity contribution in [2.24, 2.45) is 0 Å². The summed E-state index contributed by atoms with van der Waals surface area (Å²) in [4.78, 5) is 27.0. The third-order valence-corrected chi connectivity index (χ3v) is 1.76. The van der Waals surface area contributed by atoms with Crippen LogP contribution in [0.25, 0.3) is 0 Å². The number of aromatic nitrogens is 2. The summed E-state index contributed by atoms with van der Waals surface area (Å²) in [5, 5.41) is 8.07. The summed E-state index contributed by atoms with van der Waals surface area (Å²) in [6, 6.07) is 0. The topological polar surface area (TPSA) is 83.0 Å². The summed E-state index contributed by atoms with van der Waals surface area (Å²) in [6.07, 6.45) is -0.474. The van der Waals surface area contributed by atoms with Crippen molar-refractivity contribution in [1.29, 1.82) is 0 Å². The van der Waals surface area contributed by atoms with Crippen molar-refractivity contribution in [1.82, 2.24) is 9.97 Å². The van der Waals surface area contributed by atoms with Gasteiger partial charge in [-0.1, -0.05) is 11.6 Å². The van der Waals surface area contributed by atoms with Crippen molar-refractivity contribution in [2.75, 3.05) is 0 Å². The Balaban J connectivity index is 3.21. The van der Waals surface area contributed by atoms with Crippen LogP contribution in [0.2, 0.25) is 10.4 Å². The normalized spacial score (nSPS) is 10.0. The highest BCUT2D eigenvalue weighted by molar-refractivity contribution is 6.32. The standard InChI is InChI=1S/C6H4Cl2N2O3/c7-4-2(1-3(11)12)5(13)10-6(8)9-4/h1H2,(H,11,12)(H,9,10,13). The molecular weight excluding hydrogens is 219 g/mol. The molecule has 7 heteroatoms. The molecule has 1 rings (SSSR count). The zero-order valence-corrected chi connectivity index (χ0v) is 7.69. The van der Waals surface area contributed by atoms with Crippen LogP contribution in [0.3, 0.4) is 0 Å². The Labute approximate surface area is 82.3 Å². The summed E-state index contributed by atoms with van der Waals surface area (Å²) in [7, 11) is 0. The number of halogens is 2. The van der Waals surface area contributed by atoms with Crippen LogP contribution >= 0.6 is 23.2 Å². The lowest BCUT2D eigenvalue weighted by atomic mass is 10.2. The number of carboxylic acid groups (broad SMARTS) is 1. The fourth-order valence-corrected chi connectivity index (χ4v) is 1.20. The number of carboxylic acids is 1. The summed E-state index contributed by atoms with van der Waals surface area (Å²) in [5.74, 6) is -1.16. The Morgan fingerprint density at radius 2 is 2.15 bits per heavy atom. The lowest BCUT2D eigenvalue weighted by Crippen LogP contribution is -2.18. The minimum Gasteiger partial charge on any atom is -0.481 e. The molecule has 0 bridgehead atoms. The molecule has 0 unspecified atom stereocenters. The second kappa shape index (κ2) is 3.76. The molecule has 0 atom stereocenters. The van der Waals surface area contributed by atoms with Gasteiger partial charge in [0.15, 0.2) is 0 Å².